The second kappa shape index (κ2) is 10.6. The highest BCUT2D eigenvalue weighted by atomic mass is 16.4. The Kier molecular flexibility index (Phi) is 8.53. The van der Waals surface area contributed by atoms with Crippen LogP contribution in [-0.2, 0) is 27.2 Å². The van der Waals surface area contributed by atoms with E-state index >= 15 is 0 Å². The zero-order chi connectivity index (χ0) is 26.5. The van der Waals surface area contributed by atoms with Crippen molar-refractivity contribution in [1.82, 2.24) is 0 Å². The van der Waals surface area contributed by atoms with E-state index in [9.17, 15) is 29.7 Å². The van der Waals surface area contributed by atoms with Gasteiger partial charge in [0.05, 0.1) is 10.8 Å². The lowest BCUT2D eigenvalue weighted by Crippen LogP contribution is -2.68. The van der Waals surface area contributed by atoms with Gasteiger partial charge >= 0.3 is 17.9 Å². The number of rotatable bonds is 12. The highest BCUT2D eigenvalue weighted by Gasteiger charge is 2.74. The Hall–Kier alpha value is -3.15. The number of aliphatic carboxylic acids is 3. The number of hydrogen-bond acceptors (Lipinski definition) is 3. The first-order chi connectivity index (χ1) is 16.3. The molecule has 3 N–H and O–H groups in total. The molecule has 0 saturated carbocycles. The minimum absolute atomic E-state index is 0.0335. The number of carboxylic acid groups (broad SMARTS) is 3. The summed E-state index contributed by atoms with van der Waals surface area (Å²) < 4.78 is 0. The summed E-state index contributed by atoms with van der Waals surface area (Å²) in [6, 6.07) is 17.7. The number of unbranched alkanes of at least 4 members (excludes halogenated alkanes) is 1. The van der Waals surface area contributed by atoms with Gasteiger partial charge in [0.2, 0.25) is 0 Å². The van der Waals surface area contributed by atoms with E-state index in [4.69, 9.17) is 0 Å². The second-order valence-electron chi connectivity index (χ2n) is 10.7. The van der Waals surface area contributed by atoms with Crippen molar-refractivity contribution < 1.29 is 29.7 Å². The molecule has 2 rings (SSSR count). The molecule has 0 radical (unpaired) electrons. The Morgan fingerprint density at radius 2 is 1.14 bits per heavy atom. The monoisotopic (exact) mass is 482 g/mol. The first-order valence-corrected chi connectivity index (χ1v) is 12.1. The Bertz CT molecular complexity index is 1030. The lowest BCUT2D eigenvalue weighted by molar-refractivity contribution is -0.212. The number of carbonyl (C=O) groups is 3. The summed E-state index contributed by atoms with van der Waals surface area (Å²) in [6.45, 7) is 8.37. The highest BCUT2D eigenvalue weighted by molar-refractivity contribution is 5.94. The van der Waals surface area contributed by atoms with Gasteiger partial charge in [-0.3, -0.25) is 14.4 Å². The molecule has 3 unspecified atom stereocenters. The Morgan fingerprint density at radius 3 is 1.49 bits per heavy atom. The van der Waals surface area contributed by atoms with Crippen LogP contribution >= 0.6 is 0 Å². The molecule has 0 aromatic heterocycles. The highest BCUT2D eigenvalue weighted by Crippen LogP contribution is 2.64. The van der Waals surface area contributed by atoms with E-state index < -0.39 is 39.6 Å². The summed E-state index contributed by atoms with van der Waals surface area (Å²) in [5, 5.41) is 32.7. The molecular formula is C29H38O6. The maximum Gasteiger partial charge on any atom is 0.312 e. The van der Waals surface area contributed by atoms with Crippen molar-refractivity contribution in [1.29, 1.82) is 0 Å². The minimum atomic E-state index is -2.18. The maximum atomic E-state index is 13.6. The van der Waals surface area contributed by atoms with Crippen molar-refractivity contribution in [2.24, 2.45) is 21.7 Å². The molecule has 2 aromatic carbocycles. The molecule has 35 heavy (non-hydrogen) atoms. The van der Waals surface area contributed by atoms with Crippen LogP contribution in [0.5, 0.6) is 0 Å². The van der Waals surface area contributed by atoms with Crippen molar-refractivity contribution in [3.63, 3.8) is 0 Å². The van der Waals surface area contributed by atoms with E-state index in [2.05, 4.69) is 0 Å². The summed E-state index contributed by atoms with van der Waals surface area (Å²) in [5.41, 5.74) is -5.86. The third kappa shape index (κ3) is 4.84. The van der Waals surface area contributed by atoms with Crippen LogP contribution in [0.1, 0.15) is 65.0 Å². The van der Waals surface area contributed by atoms with Gasteiger partial charge in [-0.2, -0.15) is 0 Å². The molecule has 6 heteroatoms. The van der Waals surface area contributed by atoms with Crippen molar-refractivity contribution >= 4 is 17.9 Å². The first-order valence-electron chi connectivity index (χ1n) is 12.1. The van der Waals surface area contributed by atoms with Crippen LogP contribution < -0.4 is 0 Å². The fourth-order valence-electron chi connectivity index (χ4n) is 5.60. The Morgan fingerprint density at radius 1 is 0.686 bits per heavy atom. The van der Waals surface area contributed by atoms with E-state index in [1.165, 1.54) is 6.92 Å². The molecule has 6 nitrogen and oxygen atoms in total. The lowest BCUT2D eigenvalue weighted by Gasteiger charge is -2.57. The first kappa shape index (κ1) is 28.1. The van der Waals surface area contributed by atoms with E-state index in [1.54, 1.807) is 75.4 Å². The van der Waals surface area contributed by atoms with Gasteiger partial charge in [-0.25, -0.2) is 0 Å². The quantitative estimate of drug-likeness (QED) is 0.345. The standard InChI is InChI=1S/C29H38O6/c1-6-7-18-28(24(32)33,19-21-14-10-8-11-15-21)29(25(34)35,20-22-16-12-9-13-17-22)27(5,23(30)31)26(2,3)4/h8-17H,6-7,18-20H2,1-5H3,(H,30,31)(H,32,33)(H,34,35). The Labute approximate surface area is 208 Å². The largest absolute Gasteiger partial charge is 0.481 e. The normalized spacial score (nSPS) is 16.9. The van der Waals surface area contributed by atoms with Gasteiger partial charge in [0.1, 0.15) is 5.41 Å². The molecule has 0 spiro atoms. The van der Waals surface area contributed by atoms with Crippen LogP contribution in [-0.4, -0.2) is 33.2 Å². The molecule has 3 atom stereocenters. The molecular weight excluding hydrogens is 444 g/mol. The van der Waals surface area contributed by atoms with Gasteiger partial charge in [0.25, 0.3) is 0 Å². The van der Waals surface area contributed by atoms with Crippen LogP contribution in [0.2, 0.25) is 0 Å². The zero-order valence-electron chi connectivity index (χ0n) is 21.4. The third-order valence-corrected chi connectivity index (χ3v) is 7.99. The Balaban J connectivity index is 3.10. The molecule has 0 aliphatic rings. The molecule has 0 fully saturated rings. The van der Waals surface area contributed by atoms with E-state index in [0.29, 0.717) is 24.0 Å². The van der Waals surface area contributed by atoms with Gasteiger partial charge in [-0.05, 0) is 42.7 Å². The topological polar surface area (TPSA) is 112 Å². The third-order valence-electron chi connectivity index (χ3n) is 7.99. The molecule has 0 heterocycles. The number of carboxylic acids is 3. The fraction of sp³-hybridized carbons (Fsp3) is 0.483. The van der Waals surface area contributed by atoms with Crippen molar-refractivity contribution in [2.75, 3.05) is 0 Å². The summed E-state index contributed by atoms with van der Waals surface area (Å²) in [5.74, 6) is -4.01. The van der Waals surface area contributed by atoms with Crippen molar-refractivity contribution in [2.45, 2.75) is 66.7 Å². The minimum Gasteiger partial charge on any atom is -0.481 e. The van der Waals surface area contributed by atoms with E-state index in [0.717, 1.165) is 0 Å². The predicted molar refractivity (Wildman–Crippen MR) is 135 cm³/mol. The molecule has 0 aliphatic heterocycles. The van der Waals surface area contributed by atoms with E-state index in [1.807, 2.05) is 13.0 Å². The summed E-state index contributed by atoms with van der Waals surface area (Å²) in [4.78, 5) is 40.2. The summed E-state index contributed by atoms with van der Waals surface area (Å²) >= 11 is 0. The average Bonchev–Trinajstić information content (AvgIpc) is 2.79. The predicted octanol–water partition coefficient (Wildman–Crippen LogP) is 5.94. The van der Waals surface area contributed by atoms with Crippen LogP contribution in [0.25, 0.3) is 0 Å². The zero-order valence-corrected chi connectivity index (χ0v) is 21.4. The maximum absolute atomic E-state index is 13.6. The van der Waals surface area contributed by atoms with Gasteiger partial charge in [-0.1, -0.05) is 101 Å². The number of benzene rings is 2. The lowest BCUT2D eigenvalue weighted by atomic mass is 9.41. The van der Waals surface area contributed by atoms with Gasteiger partial charge in [-0.15, -0.1) is 0 Å². The van der Waals surface area contributed by atoms with Gasteiger partial charge in [0.15, 0.2) is 0 Å². The fourth-order valence-corrected chi connectivity index (χ4v) is 5.60. The summed E-state index contributed by atoms with van der Waals surface area (Å²) in [6.07, 6.45) is 0.798. The summed E-state index contributed by atoms with van der Waals surface area (Å²) in [7, 11) is 0. The molecule has 0 aliphatic carbocycles. The number of hydrogen-bond donors (Lipinski definition) is 3. The van der Waals surface area contributed by atoms with Crippen molar-refractivity contribution in [3.8, 4) is 0 Å². The molecule has 2 aromatic rings. The smallest absolute Gasteiger partial charge is 0.312 e. The molecule has 0 saturated heterocycles. The van der Waals surface area contributed by atoms with Crippen molar-refractivity contribution in [3.05, 3.63) is 71.8 Å². The SMILES string of the molecule is CCCCC(Cc1ccccc1)(C(=O)O)C(Cc1ccccc1)(C(=O)O)C(C)(C(=O)O)C(C)(C)C. The average molecular weight is 483 g/mol. The van der Waals surface area contributed by atoms with Gasteiger partial charge < -0.3 is 15.3 Å². The van der Waals surface area contributed by atoms with Crippen LogP contribution in [0.4, 0.5) is 0 Å². The van der Waals surface area contributed by atoms with Crippen LogP contribution in [0.3, 0.4) is 0 Å². The molecule has 0 bridgehead atoms. The molecule has 190 valence electrons. The van der Waals surface area contributed by atoms with Crippen LogP contribution in [0, 0.1) is 21.7 Å². The second-order valence-corrected chi connectivity index (χ2v) is 10.7. The van der Waals surface area contributed by atoms with Crippen LogP contribution in [0.15, 0.2) is 60.7 Å². The van der Waals surface area contributed by atoms with E-state index in [-0.39, 0.29) is 19.3 Å². The van der Waals surface area contributed by atoms with Gasteiger partial charge in [0, 0.05) is 0 Å². The molecule has 0 amide bonds.